The molecule has 2 N–H and O–H groups in total. The summed E-state index contributed by atoms with van der Waals surface area (Å²) in [4.78, 5) is 21.1. The van der Waals surface area contributed by atoms with Crippen LogP contribution >= 0.6 is 0 Å². The van der Waals surface area contributed by atoms with Crippen molar-refractivity contribution < 1.29 is 0 Å². The average Bonchev–Trinajstić information content (AvgIpc) is 3.50. The minimum Gasteiger partial charge on any atom is -0.352 e. The highest BCUT2D eigenvalue weighted by Gasteiger charge is 2.16. The lowest BCUT2D eigenvalue weighted by Crippen LogP contribution is -1.95. The Morgan fingerprint density at radius 2 is 1.84 bits per heavy atom. The average molecular weight is 406 g/mol. The number of aryl methyl sites for hydroxylation is 1. The molecule has 0 aromatic carbocycles. The largest absolute Gasteiger partial charge is 0.352 e. The molecule has 0 unspecified atom stereocenters. The maximum absolute atomic E-state index is 4.60. The fourth-order valence-electron chi connectivity index (χ4n) is 3.93. The quantitative estimate of drug-likeness (QED) is 0.457. The number of hydrogen-bond donors (Lipinski definition) is 2. The van der Waals surface area contributed by atoms with Crippen LogP contribution in [0.3, 0.4) is 0 Å². The van der Waals surface area contributed by atoms with Gasteiger partial charge in [-0.3, -0.25) is 20.1 Å². The number of aromatic amines is 2. The number of hydrogen-bond acceptors (Lipinski definition) is 5. The van der Waals surface area contributed by atoms with E-state index in [0.29, 0.717) is 0 Å². The van der Waals surface area contributed by atoms with E-state index in [0.717, 1.165) is 61.5 Å². The second-order valence-electron chi connectivity index (χ2n) is 7.51. The van der Waals surface area contributed by atoms with Crippen LogP contribution in [0.15, 0.2) is 61.4 Å². The van der Waals surface area contributed by atoms with E-state index in [1.165, 1.54) is 0 Å². The van der Waals surface area contributed by atoms with Crippen LogP contribution < -0.4 is 0 Å². The number of nitrogens with zero attached hydrogens (tertiary/aromatic N) is 6. The number of rotatable bonds is 3. The Bertz CT molecular complexity index is 1560. The standard InChI is InChI=1S/C23H18N8/c1-13-26-12-22(31(13)2)18-7-16-21(11-27-18)29-30-23(16)19-6-15-17(9-25-10-20(15)28-19)14-4-3-5-24-8-14/h3-12,28H,1-2H3,(H,29,30). The molecule has 0 saturated carbocycles. The van der Waals surface area contributed by atoms with Gasteiger partial charge in [0.1, 0.15) is 11.5 Å². The first kappa shape index (κ1) is 17.5. The highest BCUT2D eigenvalue weighted by molar-refractivity contribution is 6.00. The minimum absolute atomic E-state index is 0.839. The van der Waals surface area contributed by atoms with Gasteiger partial charge in [0.25, 0.3) is 0 Å². The van der Waals surface area contributed by atoms with E-state index < -0.39 is 0 Å². The van der Waals surface area contributed by atoms with Gasteiger partial charge in [-0.2, -0.15) is 5.10 Å². The number of H-pyrrole nitrogens is 2. The van der Waals surface area contributed by atoms with Crippen LogP contribution in [0.4, 0.5) is 0 Å². The number of nitrogens with one attached hydrogen (secondary N) is 2. The van der Waals surface area contributed by atoms with Crippen molar-refractivity contribution in [2.45, 2.75) is 6.92 Å². The lowest BCUT2D eigenvalue weighted by atomic mass is 10.1. The van der Waals surface area contributed by atoms with Gasteiger partial charge in [-0.25, -0.2) is 4.98 Å². The van der Waals surface area contributed by atoms with Crippen LogP contribution in [0.1, 0.15) is 5.82 Å². The Hall–Kier alpha value is -4.33. The predicted octanol–water partition coefficient (Wildman–Crippen LogP) is 4.27. The molecule has 8 heteroatoms. The first-order valence-electron chi connectivity index (χ1n) is 9.89. The summed E-state index contributed by atoms with van der Waals surface area (Å²) >= 11 is 0. The molecule has 6 aromatic rings. The van der Waals surface area contributed by atoms with Gasteiger partial charge in [0.2, 0.25) is 0 Å². The molecule has 0 fully saturated rings. The summed E-state index contributed by atoms with van der Waals surface area (Å²) in [6, 6.07) is 8.13. The van der Waals surface area contributed by atoms with Crippen molar-refractivity contribution in [2.24, 2.45) is 7.05 Å². The van der Waals surface area contributed by atoms with Crippen LogP contribution in [0, 0.1) is 6.92 Å². The third kappa shape index (κ3) is 2.72. The smallest absolute Gasteiger partial charge is 0.116 e. The maximum Gasteiger partial charge on any atom is 0.116 e. The summed E-state index contributed by atoms with van der Waals surface area (Å²) in [5.41, 5.74) is 7.45. The van der Waals surface area contributed by atoms with Crippen LogP contribution in [-0.4, -0.2) is 39.7 Å². The molecule has 6 aromatic heterocycles. The Labute approximate surface area is 177 Å². The van der Waals surface area contributed by atoms with Crippen LogP contribution in [-0.2, 0) is 7.05 Å². The second kappa shape index (κ2) is 6.60. The van der Waals surface area contributed by atoms with Crippen molar-refractivity contribution in [3.05, 3.63) is 67.3 Å². The number of imidazole rings is 1. The fourth-order valence-corrected chi connectivity index (χ4v) is 3.93. The summed E-state index contributed by atoms with van der Waals surface area (Å²) in [7, 11) is 1.99. The van der Waals surface area contributed by atoms with Gasteiger partial charge in [-0.15, -0.1) is 0 Å². The van der Waals surface area contributed by atoms with Crippen molar-refractivity contribution in [2.75, 3.05) is 0 Å². The van der Waals surface area contributed by atoms with Gasteiger partial charge in [0.05, 0.1) is 46.7 Å². The molecule has 31 heavy (non-hydrogen) atoms. The van der Waals surface area contributed by atoms with Gasteiger partial charge in [0, 0.05) is 47.5 Å². The minimum atomic E-state index is 0.839. The van der Waals surface area contributed by atoms with Crippen LogP contribution in [0.25, 0.3) is 55.7 Å². The first-order valence-corrected chi connectivity index (χ1v) is 9.89. The van der Waals surface area contributed by atoms with Gasteiger partial charge < -0.3 is 9.55 Å². The topological polar surface area (TPSA) is 101 Å². The molecular weight excluding hydrogens is 388 g/mol. The molecule has 8 nitrogen and oxygen atoms in total. The highest BCUT2D eigenvalue weighted by atomic mass is 15.1. The van der Waals surface area contributed by atoms with E-state index >= 15 is 0 Å². The maximum atomic E-state index is 4.60. The normalized spacial score (nSPS) is 11.5. The zero-order valence-electron chi connectivity index (χ0n) is 17.0. The van der Waals surface area contributed by atoms with Crippen molar-refractivity contribution in [1.82, 2.24) is 39.7 Å². The number of fused-ring (bicyclic) bond motifs is 2. The molecule has 0 aliphatic rings. The van der Waals surface area contributed by atoms with Crippen molar-refractivity contribution in [3.8, 4) is 33.9 Å². The Balaban J connectivity index is 1.52. The Kier molecular flexibility index (Phi) is 3.73. The summed E-state index contributed by atoms with van der Waals surface area (Å²) in [6.07, 6.45) is 11.0. The molecule has 150 valence electrons. The first-order chi connectivity index (χ1) is 15.2. The third-order valence-corrected chi connectivity index (χ3v) is 5.70. The summed E-state index contributed by atoms with van der Waals surface area (Å²) < 4.78 is 2.03. The van der Waals surface area contributed by atoms with E-state index in [2.05, 4.69) is 47.2 Å². The molecule has 0 aliphatic heterocycles. The second-order valence-corrected chi connectivity index (χ2v) is 7.51. The monoisotopic (exact) mass is 406 g/mol. The van der Waals surface area contributed by atoms with Crippen LogP contribution in [0.2, 0.25) is 0 Å². The molecule has 0 saturated heterocycles. The fraction of sp³-hybridized carbons (Fsp3) is 0.0870. The Morgan fingerprint density at radius 1 is 0.903 bits per heavy atom. The molecule has 0 atom stereocenters. The molecular formula is C23H18N8. The van der Waals surface area contributed by atoms with Gasteiger partial charge in [0.15, 0.2) is 0 Å². The van der Waals surface area contributed by atoms with Crippen molar-refractivity contribution in [1.29, 1.82) is 0 Å². The van der Waals surface area contributed by atoms with Crippen LogP contribution in [0.5, 0.6) is 0 Å². The van der Waals surface area contributed by atoms with E-state index in [-0.39, 0.29) is 0 Å². The van der Waals surface area contributed by atoms with E-state index in [9.17, 15) is 0 Å². The molecule has 0 bridgehead atoms. The molecule has 6 rings (SSSR count). The van der Waals surface area contributed by atoms with Crippen molar-refractivity contribution >= 4 is 21.8 Å². The molecule has 6 heterocycles. The zero-order chi connectivity index (χ0) is 20.9. The van der Waals surface area contributed by atoms with Gasteiger partial charge in [-0.05, 0) is 25.1 Å². The zero-order valence-corrected chi connectivity index (χ0v) is 17.0. The summed E-state index contributed by atoms with van der Waals surface area (Å²) in [6.45, 7) is 1.98. The molecule has 0 aliphatic carbocycles. The lowest BCUT2D eigenvalue weighted by Gasteiger charge is -2.03. The number of aromatic nitrogens is 8. The van der Waals surface area contributed by atoms with E-state index in [4.69, 9.17) is 0 Å². The summed E-state index contributed by atoms with van der Waals surface area (Å²) in [5.74, 6) is 0.940. The van der Waals surface area contributed by atoms with E-state index in [1.807, 2.05) is 61.7 Å². The van der Waals surface area contributed by atoms with Gasteiger partial charge in [-0.1, -0.05) is 6.07 Å². The third-order valence-electron chi connectivity index (χ3n) is 5.70. The lowest BCUT2D eigenvalue weighted by molar-refractivity contribution is 0.862. The molecule has 0 spiro atoms. The van der Waals surface area contributed by atoms with E-state index in [1.54, 1.807) is 6.20 Å². The molecule has 0 radical (unpaired) electrons. The Morgan fingerprint density at radius 3 is 2.65 bits per heavy atom. The summed E-state index contributed by atoms with van der Waals surface area (Å²) in [5, 5.41) is 9.74. The highest BCUT2D eigenvalue weighted by Crippen LogP contribution is 2.34. The van der Waals surface area contributed by atoms with Crippen molar-refractivity contribution in [3.63, 3.8) is 0 Å². The predicted molar refractivity (Wildman–Crippen MR) is 119 cm³/mol. The molecule has 0 amide bonds. The SMILES string of the molecule is Cc1ncc(-c2cc3c(-c4cc5c(-c6cccnc6)cncc5[nH]4)n[nH]c3cn2)n1C. The van der Waals surface area contributed by atoms with Gasteiger partial charge >= 0.3 is 0 Å². The number of pyridine rings is 3.